The Morgan fingerprint density at radius 1 is 0.585 bits per heavy atom. The van der Waals surface area contributed by atoms with E-state index >= 15 is 0 Å². The van der Waals surface area contributed by atoms with Crippen molar-refractivity contribution in [2.24, 2.45) is 23.3 Å². The molecule has 21 nitrogen and oxygen atoms in total. The van der Waals surface area contributed by atoms with Crippen molar-refractivity contribution in [3.63, 3.8) is 0 Å². The number of hydrogen-bond donors (Lipinski definition) is 13. The Bertz CT molecular complexity index is 1370. The molecule has 0 spiro atoms. The standard InChI is InChI=1S/C30H50N8O13S2/c1-5-13(4)23(30(50)51)38-28(48)18(11-53)35-26(46)16(9-21(42)43)34-25(45)15(6-7-19(32)39)33-27(47)17(10-52)36-29(49)22(12(2)3)37-24(44)14(31)8-20(40)41/h12-18,22-23,52-53H,5-11,31H2,1-4H3,(H2,32,39)(H,33,47)(H,34,45)(H,35,46)(H,36,49)(H,37,44)(H,38,48)(H,40,41)(H,42,43)(H,50,51)/t13-,14-,15-,16-,17-,18-,22-,23-/m0/s1. The number of nitrogens with two attached hydrogens (primary N) is 2. The van der Waals surface area contributed by atoms with Crippen molar-refractivity contribution in [1.82, 2.24) is 31.9 Å². The van der Waals surface area contributed by atoms with E-state index in [1.165, 1.54) is 0 Å². The molecule has 300 valence electrons. The molecule has 0 bridgehead atoms. The van der Waals surface area contributed by atoms with E-state index in [4.69, 9.17) is 16.6 Å². The number of primary amides is 1. The Morgan fingerprint density at radius 2 is 1.00 bits per heavy atom. The zero-order valence-corrected chi connectivity index (χ0v) is 31.4. The highest BCUT2D eigenvalue weighted by Crippen LogP contribution is 2.10. The van der Waals surface area contributed by atoms with Gasteiger partial charge >= 0.3 is 17.9 Å². The van der Waals surface area contributed by atoms with Crippen LogP contribution >= 0.6 is 25.3 Å². The van der Waals surface area contributed by atoms with Crippen molar-refractivity contribution in [2.45, 2.75) is 102 Å². The molecule has 0 aliphatic carbocycles. The molecule has 0 aliphatic rings. The van der Waals surface area contributed by atoms with Gasteiger partial charge in [-0.25, -0.2) is 4.79 Å². The van der Waals surface area contributed by atoms with Gasteiger partial charge in [-0.3, -0.25) is 43.2 Å². The third-order valence-corrected chi connectivity index (χ3v) is 8.44. The zero-order valence-electron chi connectivity index (χ0n) is 29.6. The van der Waals surface area contributed by atoms with E-state index in [1.54, 1.807) is 27.7 Å². The van der Waals surface area contributed by atoms with Gasteiger partial charge in [0.05, 0.1) is 18.9 Å². The van der Waals surface area contributed by atoms with E-state index in [1.807, 2.05) is 0 Å². The molecule has 0 aliphatic heterocycles. The number of thiol groups is 2. The van der Waals surface area contributed by atoms with Gasteiger partial charge in [-0.15, -0.1) is 0 Å². The minimum Gasteiger partial charge on any atom is -0.481 e. The molecular formula is C30H50N8O13S2. The number of hydrogen-bond acceptors (Lipinski definition) is 13. The van der Waals surface area contributed by atoms with Crippen LogP contribution in [0.1, 0.15) is 59.8 Å². The average molecular weight is 795 g/mol. The van der Waals surface area contributed by atoms with Gasteiger partial charge in [0.2, 0.25) is 41.4 Å². The molecule has 8 atom stereocenters. The molecule has 13 N–H and O–H groups in total. The van der Waals surface area contributed by atoms with Gasteiger partial charge in [0.15, 0.2) is 0 Å². The number of rotatable bonds is 25. The molecule has 0 saturated heterocycles. The van der Waals surface area contributed by atoms with Crippen LogP contribution in [0.15, 0.2) is 0 Å². The van der Waals surface area contributed by atoms with Crippen molar-refractivity contribution < 1.29 is 63.3 Å². The zero-order chi connectivity index (χ0) is 41.2. The SMILES string of the molecule is CC[C@H](C)[C@H](NC(=O)[C@H](CS)NC(=O)[C@H](CC(=O)O)NC(=O)[C@H](CCC(N)=O)NC(=O)[C@H](CS)NC(=O)[C@@H](NC(=O)[C@@H](N)CC(=O)O)C(C)C)C(=O)O. The second-order valence-electron chi connectivity index (χ2n) is 12.4. The first-order valence-corrected chi connectivity index (χ1v) is 17.6. The van der Waals surface area contributed by atoms with Crippen LogP contribution in [0.4, 0.5) is 0 Å². The van der Waals surface area contributed by atoms with Crippen molar-refractivity contribution in [3.8, 4) is 0 Å². The predicted octanol–water partition coefficient (Wildman–Crippen LogP) is -3.92. The molecule has 0 fully saturated rings. The van der Waals surface area contributed by atoms with Crippen LogP contribution in [0.2, 0.25) is 0 Å². The summed E-state index contributed by atoms with van der Waals surface area (Å²) in [6.07, 6.45) is -2.29. The van der Waals surface area contributed by atoms with Gasteiger partial charge < -0.3 is 58.7 Å². The fraction of sp³-hybridized carbons (Fsp3) is 0.667. The third kappa shape index (κ3) is 17.6. The number of carboxylic acids is 3. The van der Waals surface area contributed by atoms with E-state index in [2.05, 4.69) is 57.2 Å². The Hall–Kier alpha value is -4.64. The van der Waals surface area contributed by atoms with Crippen LogP contribution in [0.25, 0.3) is 0 Å². The maximum atomic E-state index is 13.4. The van der Waals surface area contributed by atoms with Crippen LogP contribution in [-0.2, 0) is 47.9 Å². The highest BCUT2D eigenvalue weighted by Gasteiger charge is 2.35. The summed E-state index contributed by atoms with van der Waals surface area (Å²) in [4.78, 5) is 124. The van der Waals surface area contributed by atoms with Gasteiger partial charge in [-0.2, -0.15) is 25.3 Å². The summed E-state index contributed by atoms with van der Waals surface area (Å²) in [6.45, 7) is 6.37. The number of carboxylic acid groups (broad SMARTS) is 3. The van der Waals surface area contributed by atoms with Crippen LogP contribution in [0.5, 0.6) is 0 Å². The molecule has 0 radical (unpaired) electrons. The van der Waals surface area contributed by atoms with E-state index in [0.717, 1.165) is 0 Å². The number of carbonyl (C=O) groups excluding carboxylic acids is 7. The predicted molar refractivity (Wildman–Crippen MR) is 192 cm³/mol. The minimum atomic E-state index is -1.86. The van der Waals surface area contributed by atoms with Crippen LogP contribution in [0, 0.1) is 11.8 Å². The molecule has 0 aromatic carbocycles. The molecule has 0 aromatic heterocycles. The van der Waals surface area contributed by atoms with Crippen LogP contribution in [0.3, 0.4) is 0 Å². The highest BCUT2D eigenvalue weighted by molar-refractivity contribution is 7.80. The first-order chi connectivity index (χ1) is 24.6. The molecule has 0 unspecified atom stereocenters. The van der Waals surface area contributed by atoms with Crippen molar-refractivity contribution in [3.05, 3.63) is 0 Å². The molecule has 0 aromatic rings. The van der Waals surface area contributed by atoms with Crippen molar-refractivity contribution in [2.75, 3.05) is 11.5 Å². The van der Waals surface area contributed by atoms with Gasteiger partial charge in [-0.05, 0) is 18.3 Å². The smallest absolute Gasteiger partial charge is 0.326 e. The molecular weight excluding hydrogens is 745 g/mol. The second-order valence-corrected chi connectivity index (χ2v) is 13.1. The summed E-state index contributed by atoms with van der Waals surface area (Å²) in [7, 11) is 0. The lowest BCUT2D eigenvalue weighted by atomic mass is 9.99. The fourth-order valence-electron chi connectivity index (χ4n) is 4.42. The van der Waals surface area contributed by atoms with Gasteiger partial charge in [0.25, 0.3) is 0 Å². The summed E-state index contributed by atoms with van der Waals surface area (Å²) in [5.41, 5.74) is 10.8. The Labute approximate surface area is 316 Å². The number of amides is 7. The molecule has 0 heterocycles. The lowest BCUT2D eigenvalue weighted by molar-refractivity contribution is -0.144. The maximum Gasteiger partial charge on any atom is 0.326 e. The molecule has 53 heavy (non-hydrogen) atoms. The maximum absolute atomic E-state index is 13.4. The molecule has 0 saturated carbocycles. The summed E-state index contributed by atoms with van der Waals surface area (Å²) >= 11 is 8.08. The topological polar surface area (TPSA) is 356 Å². The Morgan fingerprint density at radius 3 is 1.43 bits per heavy atom. The van der Waals surface area contributed by atoms with E-state index in [0.29, 0.717) is 6.42 Å². The number of aliphatic carboxylic acids is 3. The third-order valence-electron chi connectivity index (χ3n) is 7.71. The van der Waals surface area contributed by atoms with E-state index in [9.17, 15) is 58.2 Å². The lowest BCUT2D eigenvalue weighted by Gasteiger charge is -2.27. The number of nitrogens with one attached hydrogen (secondary N) is 6. The number of carbonyl (C=O) groups is 10. The van der Waals surface area contributed by atoms with E-state index in [-0.39, 0.29) is 11.5 Å². The fourth-order valence-corrected chi connectivity index (χ4v) is 4.93. The van der Waals surface area contributed by atoms with Gasteiger partial charge in [-0.1, -0.05) is 34.1 Å². The normalized spacial score (nSPS) is 15.5. The molecule has 7 amide bonds. The Kier molecular flexibility index (Phi) is 21.7. The summed E-state index contributed by atoms with van der Waals surface area (Å²) in [6, 6.07) is -10.6. The quantitative estimate of drug-likeness (QED) is 0.0393. The first-order valence-electron chi connectivity index (χ1n) is 16.3. The lowest BCUT2D eigenvalue weighted by Crippen LogP contribution is -2.61. The largest absolute Gasteiger partial charge is 0.481 e. The van der Waals surface area contributed by atoms with Crippen molar-refractivity contribution >= 4 is 84.5 Å². The molecule has 23 heteroatoms. The summed E-state index contributed by atoms with van der Waals surface area (Å²) < 4.78 is 0. The minimum absolute atomic E-state index is 0.358. The highest BCUT2D eigenvalue weighted by atomic mass is 32.1. The monoisotopic (exact) mass is 794 g/mol. The summed E-state index contributed by atoms with van der Waals surface area (Å²) in [5, 5.41) is 41.5. The van der Waals surface area contributed by atoms with Crippen molar-refractivity contribution in [1.29, 1.82) is 0 Å². The van der Waals surface area contributed by atoms with Crippen LogP contribution < -0.4 is 43.4 Å². The first kappa shape index (κ1) is 48.4. The van der Waals surface area contributed by atoms with Gasteiger partial charge in [0.1, 0.15) is 36.3 Å². The Balaban J connectivity index is 6.08. The van der Waals surface area contributed by atoms with E-state index < -0.39 is 139 Å². The van der Waals surface area contributed by atoms with Crippen LogP contribution in [-0.4, -0.2) is 128 Å². The summed E-state index contributed by atoms with van der Waals surface area (Å²) in [5.74, 6) is -13.1. The van der Waals surface area contributed by atoms with Gasteiger partial charge in [0, 0.05) is 17.9 Å². The average Bonchev–Trinajstić information content (AvgIpc) is 3.06. The second kappa shape index (κ2) is 23.8. The molecule has 0 rings (SSSR count).